The molecule has 0 aliphatic carbocycles. The molecule has 4 nitrogen and oxygen atoms in total. The van der Waals surface area contributed by atoms with E-state index in [1.54, 1.807) is 0 Å². The summed E-state index contributed by atoms with van der Waals surface area (Å²) in [5.41, 5.74) is 2.98. The third kappa shape index (κ3) is 3.29. The van der Waals surface area contributed by atoms with Crippen LogP contribution in [-0.2, 0) is 10.2 Å². The van der Waals surface area contributed by atoms with Gasteiger partial charge in [-0.2, -0.15) is 0 Å². The maximum Gasteiger partial charge on any atom is 0.318 e. The highest BCUT2D eigenvalue weighted by molar-refractivity contribution is 5.86. The minimum absolute atomic E-state index is 0.814. The minimum atomic E-state index is -1.05. The molecular weight excluding hydrogens is 336 g/mol. The minimum Gasteiger partial charge on any atom is -0.480 e. The molecule has 0 atom stereocenters. The maximum atomic E-state index is 12.3. The van der Waals surface area contributed by atoms with Crippen molar-refractivity contribution in [3.05, 3.63) is 59.7 Å². The Hall–Kier alpha value is -2.49. The smallest absolute Gasteiger partial charge is 0.318 e. The number of aliphatic carboxylic acids is 1. The van der Waals surface area contributed by atoms with Gasteiger partial charge in [-0.3, -0.25) is 4.79 Å². The van der Waals surface area contributed by atoms with E-state index in [-0.39, 0.29) is 0 Å². The van der Waals surface area contributed by atoms with Gasteiger partial charge in [0.2, 0.25) is 0 Å². The summed E-state index contributed by atoms with van der Waals surface area (Å²) in [5.74, 6) is -0.814. The van der Waals surface area contributed by atoms with Crippen molar-refractivity contribution in [2.24, 2.45) is 0 Å². The Morgan fingerprint density at radius 1 is 0.741 bits per heavy atom. The standard InChI is InChI=1S/C23H28N2O2/c1-23(22(26)27,18-6-10-20(11-7-18)24-14-2-3-15-24)19-8-12-21(13-9-19)25-16-4-5-17-25/h6-13H,2-5,14-17H2,1H3,(H,26,27). The molecule has 2 aromatic rings. The summed E-state index contributed by atoms with van der Waals surface area (Å²) >= 11 is 0. The summed E-state index contributed by atoms with van der Waals surface area (Å²) < 4.78 is 0. The van der Waals surface area contributed by atoms with E-state index >= 15 is 0 Å². The molecule has 2 fully saturated rings. The number of carboxylic acids is 1. The first kappa shape index (κ1) is 17.9. The van der Waals surface area contributed by atoms with Crippen molar-refractivity contribution in [2.45, 2.75) is 38.0 Å². The first-order valence-corrected chi connectivity index (χ1v) is 10.0. The van der Waals surface area contributed by atoms with Crippen LogP contribution in [0.5, 0.6) is 0 Å². The largest absolute Gasteiger partial charge is 0.480 e. The number of carboxylic acid groups (broad SMARTS) is 1. The summed E-state index contributed by atoms with van der Waals surface area (Å²) in [6.45, 7) is 6.17. The third-order valence-electron chi connectivity index (χ3n) is 6.26. The number of carbonyl (C=O) groups is 1. The van der Waals surface area contributed by atoms with Crippen molar-refractivity contribution in [2.75, 3.05) is 36.0 Å². The van der Waals surface area contributed by atoms with Gasteiger partial charge in [-0.05, 0) is 68.0 Å². The van der Waals surface area contributed by atoms with E-state index in [0.717, 1.165) is 37.3 Å². The van der Waals surface area contributed by atoms with Crippen LogP contribution in [0.1, 0.15) is 43.7 Å². The lowest BCUT2D eigenvalue weighted by molar-refractivity contribution is -0.141. The van der Waals surface area contributed by atoms with Crippen LogP contribution >= 0.6 is 0 Å². The molecule has 0 unspecified atom stereocenters. The summed E-state index contributed by atoms with van der Waals surface area (Å²) in [7, 11) is 0. The fourth-order valence-corrected chi connectivity index (χ4v) is 4.38. The van der Waals surface area contributed by atoms with Crippen LogP contribution in [0.4, 0.5) is 11.4 Å². The van der Waals surface area contributed by atoms with Crippen molar-refractivity contribution in [3.8, 4) is 0 Å². The molecule has 2 aliphatic rings. The summed E-state index contributed by atoms with van der Waals surface area (Å²) in [5, 5.41) is 10.1. The number of rotatable bonds is 5. The predicted octanol–water partition coefficient (Wildman–Crippen LogP) is 4.28. The lowest BCUT2D eigenvalue weighted by Gasteiger charge is -2.28. The highest BCUT2D eigenvalue weighted by atomic mass is 16.4. The van der Waals surface area contributed by atoms with E-state index in [1.165, 1.54) is 37.1 Å². The van der Waals surface area contributed by atoms with Crippen LogP contribution in [-0.4, -0.2) is 37.3 Å². The van der Waals surface area contributed by atoms with Crippen molar-refractivity contribution < 1.29 is 9.90 Å². The first-order valence-electron chi connectivity index (χ1n) is 10.0. The zero-order valence-corrected chi connectivity index (χ0v) is 16.0. The van der Waals surface area contributed by atoms with E-state index in [2.05, 4.69) is 34.1 Å². The van der Waals surface area contributed by atoms with Crippen LogP contribution in [0.3, 0.4) is 0 Å². The lowest BCUT2D eigenvalue weighted by atomic mass is 9.76. The molecule has 2 heterocycles. The Morgan fingerprint density at radius 3 is 1.37 bits per heavy atom. The number of benzene rings is 2. The number of hydrogen-bond donors (Lipinski definition) is 1. The van der Waals surface area contributed by atoms with Gasteiger partial charge in [-0.25, -0.2) is 0 Å². The molecule has 2 aliphatic heterocycles. The molecule has 0 saturated carbocycles. The van der Waals surface area contributed by atoms with Gasteiger partial charge in [-0.15, -0.1) is 0 Å². The van der Waals surface area contributed by atoms with Crippen LogP contribution < -0.4 is 9.80 Å². The van der Waals surface area contributed by atoms with Gasteiger partial charge in [0.05, 0.1) is 0 Å². The molecule has 142 valence electrons. The zero-order chi connectivity index (χ0) is 18.9. The highest BCUT2D eigenvalue weighted by Crippen LogP contribution is 2.35. The van der Waals surface area contributed by atoms with Gasteiger partial charge in [0.25, 0.3) is 0 Å². The van der Waals surface area contributed by atoms with Crippen LogP contribution in [0.2, 0.25) is 0 Å². The first-order chi connectivity index (χ1) is 13.1. The van der Waals surface area contributed by atoms with E-state index < -0.39 is 11.4 Å². The summed E-state index contributed by atoms with van der Waals surface area (Å²) in [4.78, 5) is 17.0. The van der Waals surface area contributed by atoms with Crippen LogP contribution in [0, 0.1) is 0 Å². The summed E-state index contributed by atoms with van der Waals surface area (Å²) in [6, 6.07) is 16.2. The summed E-state index contributed by atoms with van der Waals surface area (Å²) in [6.07, 6.45) is 4.94. The normalized spacial score (nSPS) is 17.5. The molecule has 27 heavy (non-hydrogen) atoms. The molecule has 0 radical (unpaired) electrons. The Labute approximate surface area is 161 Å². The second-order valence-corrected chi connectivity index (χ2v) is 7.91. The average Bonchev–Trinajstić information content (AvgIpc) is 3.41. The molecule has 2 saturated heterocycles. The van der Waals surface area contributed by atoms with Crippen LogP contribution in [0.15, 0.2) is 48.5 Å². The highest BCUT2D eigenvalue weighted by Gasteiger charge is 2.37. The van der Waals surface area contributed by atoms with Crippen molar-refractivity contribution in [3.63, 3.8) is 0 Å². The number of hydrogen-bond acceptors (Lipinski definition) is 3. The molecule has 0 bridgehead atoms. The molecular formula is C23H28N2O2. The Bertz CT molecular complexity index is 727. The van der Waals surface area contributed by atoms with Crippen molar-refractivity contribution in [1.29, 1.82) is 0 Å². The van der Waals surface area contributed by atoms with Crippen molar-refractivity contribution >= 4 is 17.3 Å². The fourth-order valence-electron chi connectivity index (χ4n) is 4.38. The van der Waals surface area contributed by atoms with Gasteiger partial charge >= 0.3 is 5.97 Å². The second-order valence-electron chi connectivity index (χ2n) is 7.91. The number of anilines is 2. The van der Waals surface area contributed by atoms with Gasteiger partial charge in [-0.1, -0.05) is 24.3 Å². The van der Waals surface area contributed by atoms with Gasteiger partial charge in [0.15, 0.2) is 0 Å². The average molecular weight is 364 g/mol. The Morgan fingerprint density at radius 2 is 1.07 bits per heavy atom. The van der Waals surface area contributed by atoms with E-state index in [1.807, 2.05) is 31.2 Å². The lowest BCUT2D eigenvalue weighted by Crippen LogP contribution is -2.34. The van der Waals surface area contributed by atoms with Gasteiger partial charge in [0.1, 0.15) is 5.41 Å². The topological polar surface area (TPSA) is 43.8 Å². The molecule has 0 aromatic heterocycles. The van der Waals surface area contributed by atoms with Crippen molar-refractivity contribution in [1.82, 2.24) is 0 Å². The zero-order valence-electron chi connectivity index (χ0n) is 16.0. The Balaban J connectivity index is 1.62. The molecule has 4 heteroatoms. The SMILES string of the molecule is CC(C(=O)O)(c1ccc(N2CCCC2)cc1)c1ccc(N2CCCC2)cc1. The monoisotopic (exact) mass is 364 g/mol. The van der Waals surface area contributed by atoms with E-state index in [9.17, 15) is 9.90 Å². The third-order valence-corrected chi connectivity index (χ3v) is 6.26. The maximum absolute atomic E-state index is 12.3. The Kier molecular flexibility index (Phi) is 4.81. The molecule has 1 N–H and O–H groups in total. The van der Waals surface area contributed by atoms with Gasteiger partial charge < -0.3 is 14.9 Å². The van der Waals surface area contributed by atoms with E-state index in [0.29, 0.717) is 0 Å². The molecule has 0 amide bonds. The van der Waals surface area contributed by atoms with Crippen LogP contribution in [0.25, 0.3) is 0 Å². The quantitative estimate of drug-likeness (QED) is 0.860. The molecule has 2 aromatic carbocycles. The fraction of sp³-hybridized carbons (Fsp3) is 0.435. The predicted molar refractivity (Wildman–Crippen MR) is 110 cm³/mol. The van der Waals surface area contributed by atoms with Gasteiger partial charge in [0, 0.05) is 37.6 Å². The molecule has 0 spiro atoms. The molecule has 4 rings (SSSR count). The second kappa shape index (κ2) is 7.26. The number of nitrogens with zero attached hydrogens (tertiary/aromatic N) is 2. The van der Waals surface area contributed by atoms with E-state index in [4.69, 9.17) is 0 Å².